The number of likely N-dealkylation sites (N-methyl/N-ethyl adjacent to an activating group) is 1. The fourth-order valence-electron chi connectivity index (χ4n) is 4.18. The van der Waals surface area contributed by atoms with E-state index >= 15 is 0 Å². The number of nitrogens with zero attached hydrogens (tertiary/aromatic N) is 4. The first-order valence-corrected chi connectivity index (χ1v) is 10.2. The summed E-state index contributed by atoms with van der Waals surface area (Å²) in [4.78, 5) is 38.5. The molecule has 1 aliphatic carbocycles. The highest BCUT2D eigenvalue weighted by Crippen LogP contribution is 2.45. The van der Waals surface area contributed by atoms with Crippen molar-refractivity contribution in [1.82, 2.24) is 19.8 Å². The van der Waals surface area contributed by atoms with Crippen LogP contribution in [0.4, 0.5) is 5.95 Å². The second-order valence-electron chi connectivity index (χ2n) is 7.91. The number of nitrogens with two attached hydrogens (primary N) is 1. The molecule has 0 spiro atoms. The number of carbonyl (C=O) groups excluding carboxylic acids is 2. The molecule has 2 heterocycles. The summed E-state index contributed by atoms with van der Waals surface area (Å²) in [7, 11) is 2.04. The van der Waals surface area contributed by atoms with Crippen LogP contribution in [0.1, 0.15) is 42.2 Å². The largest absolute Gasteiger partial charge is 0.465 e. The van der Waals surface area contributed by atoms with Gasteiger partial charge in [0, 0.05) is 31.6 Å². The summed E-state index contributed by atoms with van der Waals surface area (Å²) in [5.41, 5.74) is 7.02. The Hall–Kier alpha value is -2.74. The van der Waals surface area contributed by atoms with Gasteiger partial charge in [-0.05, 0) is 44.5 Å². The molecule has 2 aliphatic rings. The van der Waals surface area contributed by atoms with Gasteiger partial charge in [-0.1, -0.05) is 12.5 Å². The average molecular weight is 397 g/mol. The predicted molar refractivity (Wildman–Crippen MR) is 110 cm³/mol. The number of hydrogen-bond donors (Lipinski definition) is 1. The molecular weight excluding hydrogens is 370 g/mol. The van der Waals surface area contributed by atoms with Crippen molar-refractivity contribution in [3.05, 3.63) is 29.5 Å². The number of piperazine rings is 1. The Morgan fingerprint density at radius 2 is 1.90 bits per heavy atom. The maximum Gasteiger partial charge on any atom is 0.316 e. The summed E-state index contributed by atoms with van der Waals surface area (Å²) < 4.78 is 5.35. The van der Waals surface area contributed by atoms with E-state index in [1.165, 1.54) is 0 Å². The lowest BCUT2D eigenvalue weighted by Gasteiger charge is -2.39. The Morgan fingerprint density at radius 1 is 1.17 bits per heavy atom. The van der Waals surface area contributed by atoms with E-state index in [1.807, 2.05) is 32.2 Å². The number of benzene rings is 1. The number of aromatic nitrogens is 2. The van der Waals surface area contributed by atoms with Gasteiger partial charge in [0.1, 0.15) is 5.69 Å². The number of fused-ring (bicyclic) bond motifs is 1. The lowest BCUT2D eigenvalue weighted by atomic mass is 9.64. The molecule has 2 aromatic rings. The van der Waals surface area contributed by atoms with Crippen molar-refractivity contribution in [3.63, 3.8) is 0 Å². The van der Waals surface area contributed by atoms with E-state index < -0.39 is 5.41 Å². The van der Waals surface area contributed by atoms with E-state index in [9.17, 15) is 9.59 Å². The number of carbonyl (C=O) groups is 2. The lowest BCUT2D eigenvalue weighted by molar-refractivity contribution is -0.153. The second-order valence-corrected chi connectivity index (χ2v) is 7.91. The highest BCUT2D eigenvalue weighted by Gasteiger charge is 2.47. The minimum Gasteiger partial charge on any atom is -0.465 e. The van der Waals surface area contributed by atoms with Crippen LogP contribution in [0.15, 0.2) is 18.2 Å². The van der Waals surface area contributed by atoms with E-state index in [2.05, 4.69) is 14.9 Å². The normalized spacial score (nSPS) is 19.0. The third-order valence-electron chi connectivity index (χ3n) is 6.13. The van der Waals surface area contributed by atoms with E-state index in [1.54, 1.807) is 4.90 Å². The van der Waals surface area contributed by atoms with Crippen LogP contribution in [0.2, 0.25) is 0 Å². The first kappa shape index (κ1) is 19.6. The topological polar surface area (TPSA) is 102 Å². The lowest BCUT2D eigenvalue weighted by Crippen LogP contribution is -2.47. The van der Waals surface area contributed by atoms with Gasteiger partial charge in [0.25, 0.3) is 5.91 Å². The van der Waals surface area contributed by atoms with Crippen LogP contribution < -0.4 is 5.73 Å². The monoisotopic (exact) mass is 397 g/mol. The third-order valence-corrected chi connectivity index (χ3v) is 6.13. The molecule has 0 bridgehead atoms. The van der Waals surface area contributed by atoms with E-state index in [4.69, 9.17) is 10.5 Å². The van der Waals surface area contributed by atoms with Crippen molar-refractivity contribution in [2.45, 2.75) is 31.6 Å². The summed E-state index contributed by atoms with van der Waals surface area (Å²) in [5.74, 6) is -0.270. The fourth-order valence-corrected chi connectivity index (χ4v) is 4.18. The van der Waals surface area contributed by atoms with Gasteiger partial charge >= 0.3 is 5.97 Å². The molecular formula is C21H27N5O3. The third kappa shape index (κ3) is 3.42. The van der Waals surface area contributed by atoms with Crippen molar-refractivity contribution in [2.75, 3.05) is 45.6 Å². The van der Waals surface area contributed by atoms with Crippen molar-refractivity contribution in [1.29, 1.82) is 0 Å². The van der Waals surface area contributed by atoms with Gasteiger partial charge in [0.2, 0.25) is 5.95 Å². The molecule has 4 rings (SSSR count). The Bertz CT molecular complexity index is 949. The number of nitrogen functional groups attached to an aromatic ring is 1. The highest BCUT2D eigenvalue weighted by atomic mass is 16.5. The molecule has 154 valence electrons. The molecule has 1 saturated heterocycles. The predicted octanol–water partition coefficient (Wildman–Crippen LogP) is 1.58. The van der Waals surface area contributed by atoms with Gasteiger partial charge < -0.3 is 20.3 Å². The van der Waals surface area contributed by atoms with E-state index in [0.717, 1.165) is 37.9 Å². The fraction of sp³-hybridized carbons (Fsp3) is 0.524. The molecule has 1 aromatic heterocycles. The van der Waals surface area contributed by atoms with Crippen molar-refractivity contribution in [2.24, 2.45) is 0 Å². The molecule has 8 nitrogen and oxygen atoms in total. The van der Waals surface area contributed by atoms with Crippen LogP contribution >= 0.6 is 0 Å². The zero-order chi connectivity index (χ0) is 20.6. The van der Waals surface area contributed by atoms with Crippen LogP contribution in [0, 0.1) is 0 Å². The Balaban J connectivity index is 1.76. The number of ether oxygens (including phenoxy) is 1. The van der Waals surface area contributed by atoms with E-state index in [-0.39, 0.29) is 17.8 Å². The van der Waals surface area contributed by atoms with Gasteiger partial charge in [-0.3, -0.25) is 9.59 Å². The first-order valence-electron chi connectivity index (χ1n) is 10.2. The number of amides is 1. The van der Waals surface area contributed by atoms with Crippen molar-refractivity contribution >= 4 is 28.7 Å². The molecule has 8 heteroatoms. The van der Waals surface area contributed by atoms with Crippen LogP contribution in [-0.4, -0.2) is 71.5 Å². The first-order chi connectivity index (χ1) is 13.9. The molecule has 1 saturated carbocycles. The SMILES string of the molecule is CCOC(=O)C1(c2ccc3nc(N)nc(C(=O)N4CCN(C)CC4)c3c2)CCC1. The maximum absolute atomic E-state index is 13.2. The highest BCUT2D eigenvalue weighted by molar-refractivity contribution is 6.05. The van der Waals surface area contributed by atoms with Gasteiger partial charge in [-0.15, -0.1) is 0 Å². The number of esters is 1. The summed E-state index contributed by atoms with van der Waals surface area (Å²) >= 11 is 0. The molecule has 29 heavy (non-hydrogen) atoms. The molecule has 2 N–H and O–H groups in total. The van der Waals surface area contributed by atoms with Crippen LogP contribution in [0.5, 0.6) is 0 Å². The molecule has 1 amide bonds. The summed E-state index contributed by atoms with van der Waals surface area (Å²) in [6.45, 7) is 5.10. The average Bonchev–Trinajstić information content (AvgIpc) is 2.67. The summed E-state index contributed by atoms with van der Waals surface area (Å²) in [5, 5.41) is 0.635. The minimum atomic E-state index is -0.639. The summed E-state index contributed by atoms with van der Waals surface area (Å²) in [6.07, 6.45) is 2.46. The standard InChI is InChI=1S/C21H27N5O3/c1-3-29-19(28)21(7-4-8-21)14-5-6-16-15(13-14)17(24-20(22)23-16)18(27)26-11-9-25(2)10-12-26/h5-6,13H,3-4,7-12H2,1-2H3,(H2,22,23,24). The van der Waals surface area contributed by atoms with E-state index in [0.29, 0.717) is 36.3 Å². The smallest absolute Gasteiger partial charge is 0.316 e. The molecule has 1 aliphatic heterocycles. The summed E-state index contributed by atoms with van der Waals surface area (Å²) in [6, 6.07) is 5.60. The van der Waals surface area contributed by atoms with Gasteiger partial charge in [-0.25, -0.2) is 9.97 Å². The van der Waals surface area contributed by atoms with Gasteiger partial charge in [-0.2, -0.15) is 0 Å². The maximum atomic E-state index is 13.2. The Kier molecular flexibility index (Phi) is 5.12. The molecule has 0 radical (unpaired) electrons. The quantitative estimate of drug-likeness (QED) is 0.782. The zero-order valence-electron chi connectivity index (χ0n) is 17.0. The number of hydrogen-bond acceptors (Lipinski definition) is 7. The Morgan fingerprint density at radius 3 is 2.52 bits per heavy atom. The van der Waals surface area contributed by atoms with Crippen molar-refractivity contribution < 1.29 is 14.3 Å². The van der Waals surface area contributed by atoms with Crippen LogP contribution in [0.3, 0.4) is 0 Å². The molecule has 0 atom stereocenters. The van der Waals surface area contributed by atoms with Crippen LogP contribution in [-0.2, 0) is 14.9 Å². The number of anilines is 1. The van der Waals surface area contributed by atoms with Crippen LogP contribution in [0.25, 0.3) is 10.9 Å². The molecule has 0 unspecified atom stereocenters. The second kappa shape index (κ2) is 7.59. The van der Waals surface area contributed by atoms with Gasteiger partial charge in [0.05, 0.1) is 17.5 Å². The Labute approximate surface area is 170 Å². The molecule has 1 aromatic carbocycles. The van der Waals surface area contributed by atoms with Crippen molar-refractivity contribution in [3.8, 4) is 0 Å². The van der Waals surface area contributed by atoms with Gasteiger partial charge in [0.15, 0.2) is 0 Å². The molecule has 2 fully saturated rings. The zero-order valence-corrected chi connectivity index (χ0v) is 17.0. The number of rotatable bonds is 4. The minimum absolute atomic E-state index is 0.0754.